The fraction of sp³-hybridized carbons (Fsp3) is 0.143. The smallest absolute Gasteiger partial charge is 0.153 e. The van der Waals surface area contributed by atoms with Crippen molar-refractivity contribution in [2.75, 3.05) is 7.11 Å². The van der Waals surface area contributed by atoms with E-state index in [1.165, 1.54) is 0 Å². The van der Waals surface area contributed by atoms with Gasteiger partial charge in [-0.2, -0.15) is 0 Å². The highest BCUT2D eigenvalue weighted by molar-refractivity contribution is 5.82. The highest BCUT2D eigenvalue weighted by Gasteiger charge is 2.05. The first-order valence-corrected chi connectivity index (χ1v) is 5.32. The number of nitrogens with zero attached hydrogens (tertiary/aromatic N) is 1. The summed E-state index contributed by atoms with van der Waals surface area (Å²) in [6.07, 6.45) is 0.790. The molecule has 0 saturated heterocycles. The van der Waals surface area contributed by atoms with Gasteiger partial charge in [0.05, 0.1) is 18.4 Å². The van der Waals surface area contributed by atoms with Crippen LogP contribution in [0.1, 0.15) is 16.1 Å². The van der Waals surface area contributed by atoms with Crippen molar-refractivity contribution in [3.8, 4) is 17.0 Å². The van der Waals surface area contributed by atoms with Crippen LogP contribution in [0.15, 0.2) is 36.4 Å². The Morgan fingerprint density at radius 2 is 2.06 bits per heavy atom. The van der Waals surface area contributed by atoms with E-state index in [1.54, 1.807) is 19.2 Å². The van der Waals surface area contributed by atoms with Crippen molar-refractivity contribution in [3.05, 3.63) is 47.7 Å². The van der Waals surface area contributed by atoms with Crippen molar-refractivity contribution in [3.63, 3.8) is 0 Å². The van der Waals surface area contributed by atoms with E-state index < -0.39 is 0 Å². The molecule has 0 N–H and O–H groups in total. The largest absolute Gasteiger partial charge is 0.496 e. The minimum atomic E-state index is 0.535. The lowest BCUT2D eigenvalue weighted by atomic mass is 10.1. The summed E-state index contributed by atoms with van der Waals surface area (Å²) in [5.41, 5.74) is 3.26. The van der Waals surface area contributed by atoms with Crippen molar-refractivity contribution in [2.24, 2.45) is 0 Å². The summed E-state index contributed by atoms with van der Waals surface area (Å²) in [4.78, 5) is 15.4. The normalized spacial score (nSPS) is 10.0. The highest BCUT2D eigenvalue weighted by Crippen LogP contribution is 2.24. The molecule has 2 rings (SSSR count). The number of ether oxygens (including phenoxy) is 1. The maximum absolute atomic E-state index is 10.9. The van der Waals surface area contributed by atoms with Crippen LogP contribution in [0.4, 0.5) is 0 Å². The first-order valence-electron chi connectivity index (χ1n) is 5.32. The van der Waals surface area contributed by atoms with Crippen LogP contribution in [0, 0.1) is 6.92 Å². The van der Waals surface area contributed by atoms with E-state index in [0.717, 1.165) is 23.2 Å². The Morgan fingerprint density at radius 3 is 2.71 bits per heavy atom. The second kappa shape index (κ2) is 4.78. The minimum Gasteiger partial charge on any atom is -0.496 e. The summed E-state index contributed by atoms with van der Waals surface area (Å²) in [5, 5.41) is 0. The van der Waals surface area contributed by atoms with Crippen LogP contribution in [0.5, 0.6) is 5.75 Å². The van der Waals surface area contributed by atoms with E-state index >= 15 is 0 Å². The topological polar surface area (TPSA) is 39.2 Å². The van der Waals surface area contributed by atoms with Gasteiger partial charge in [-0.05, 0) is 37.3 Å². The van der Waals surface area contributed by atoms with Gasteiger partial charge in [-0.3, -0.25) is 9.78 Å². The number of carbonyl (C=O) groups is 1. The average molecular weight is 227 g/mol. The molecule has 0 spiro atoms. The van der Waals surface area contributed by atoms with Gasteiger partial charge in [0, 0.05) is 11.3 Å². The Kier molecular flexibility index (Phi) is 3.19. The molecule has 1 heterocycles. The van der Waals surface area contributed by atoms with Crippen molar-refractivity contribution < 1.29 is 9.53 Å². The van der Waals surface area contributed by atoms with Crippen LogP contribution < -0.4 is 4.74 Å². The number of hydrogen-bond acceptors (Lipinski definition) is 3. The maximum atomic E-state index is 10.9. The van der Waals surface area contributed by atoms with E-state index in [9.17, 15) is 4.79 Å². The molecule has 0 bridgehead atoms. The highest BCUT2D eigenvalue weighted by atomic mass is 16.5. The van der Waals surface area contributed by atoms with Crippen LogP contribution in [0.3, 0.4) is 0 Å². The molecule has 0 saturated carbocycles. The fourth-order valence-corrected chi connectivity index (χ4v) is 1.69. The lowest BCUT2D eigenvalue weighted by Crippen LogP contribution is -1.92. The zero-order valence-corrected chi connectivity index (χ0v) is 9.81. The maximum Gasteiger partial charge on any atom is 0.153 e. The molecular weight excluding hydrogens is 214 g/mol. The van der Waals surface area contributed by atoms with Crippen molar-refractivity contribution in [1.82, 2.24) is 4.98 Å². The predicted octanol–water partition coefficient (Wildman–Crippen LogP) is 2.88. The molecule has 0 aliphatic heterocycles. The third-order valence-electron chi connectivity index (χ3n) is 2.54. The molecule has 17 heavy (non-hydrogen) atoms. The summed E-state index contributed by atoms with van der Waals surface area (Å²) in [6.45, 7) is 1.94. The second-order valence-corrected chi connectivity index (χ2v) is 3.74. The molecule has 0 amide bonds. The predicted molar refractivity (Wildman–Crippen MR) is 66.3 cm³/mol. The number of aryl methyl sites for hydroxylation is 1. The Labute approximate surface area is 100 Å². The molecule has 1 aromatic carbocycles. The third kappa shape index (κ3) is 2.33. The van der Waals surface area contributed by atoms with Crippen molar-refractivity contribution in [1.29, 1.82) is 0 Å². The number of rotatable bonds is 3. The van der Waals surface area contributed by atoms with Crippen LogP contribution in [-0.2, 0) is 0 Å². The molecule has 86 valence electrons. The Hall–Kier alpha value is -2.16. The Bertz CT molecular complexity index is 550. The van der Waals surface area contributed by atoms with Crippen LogP contribution in [0.25, 0.3) is 11.3 Å². The number of carbonyl (C=O) groups excluding carboxylic acids is 1. The molecule has 1 aromatic heterocycles. The lowest BCUT2D eigenvalue weighted by Gasteiger charge is -2.06. The van der Waals surface area contributed by atoms with Gasteiger partial charge in [-0.25, -0.2) is 0 Å². The molecule has 0 unspecified atom stereocenters. The summed E-state index contributed by atoms with van der Waals surface area (Å²) in [7, 11) is 1.55. The van der Waals surface area contributed by atoms with Gasteiger partial charge in [0.25, 0.3) is 0 Å². The monoisotopic (exact) mass is 227 g/mol. The molecular formula is C14H13NO2. The quantitative estimate of drug-likeness (QED) is 0.757. The van der Waals surface area contributed by atoms with Gasteiger partial charge in [-0.1, -0.05) is 6.07 Å². The zero-order valence-electron chi connectivity index (χ0n) is 9.81. The SMILES string of the molecule is COc1ccc(-c2cccc(C)n2)cc1C=O. The number of benzene rings is 1. The molecule has 0 fully saturated rings. The molecule has 0 aliphatic rings. The molecule has 0 atom stereocenters. The van der Waals surface area contributed by atoms with Crippen molar-refractivity contribution in [2.45, 2.75) is 6.92 Å². The fourth-order valence-electron chi connectivity index (χ4n) is 1.69. The lowest BCUT2D eigenvalue weighted by molar-refractivity contribution is 0.112. The number of aldehydes is 1. The third-order valence-corrected chi connectivity index (χ3v) is 2.54. The van der Waals surface area contributed by atoms with Gasteiger partial charge in [-0.15, -0.1) is 0 Å². The van der Waals surface area contributed by atoms with Crippen LogP contribution >= 0.6 is 0 Å². The van der Waals surface area contributed by atoms with Crippen LogP contribution in [0.2, 0.25) is 0 Å². The summed E-state index contributed by atoms with van der Waals surface area (Å²) >= 11 is 0. The van der Waals surface area contributed by atoms with Crippen LogP contribution in [-0.4, -0.2) is 18.4 Å². The number of pyridine rings is 1. The van der Waals surface area contributed by atoms with Gasteiger partial charge >= 0.3 is 0 Å². The second-order valence-electron chi connectivity index (χ2n) is 3.74. The average Bonchev–Trinajstić information content (AvgIpc) is 2.38. The molecule has 0 radical (unpaired) electrons. The first kappa shape index (κ1) is 11.3. The molecule has 3 heteroatoms. The Morgan fingerprint density at radius 1 is 1.24 bits per heavy atom. The standard InChI is InChI=1S/C14H13NO2/c1-10-4-3-5-13(15-10)11-6-7-14(17-2)12(8-11)9-16/h3-9H,1-2H3. The van der Waals surface area contributed by atoms with E-state index in [4.69, 9.17) is 4.74 Å². The van der Waals surface area contributed by atoms with Gasteiger partial charge in [0.15, 0.2) is 6.29 Å². The zero-order chi connectivity index (χ0) is 12.3. The number of aromatic nitrogens is 1. The summed E-state index contributed by atoms with van der Waals surface area (Å²) < 4.78 is 5.10. The first-order chi connectivity index (χ1) is 8.24. The Balaban J connectivity index is 2.50. The van der Waals surface area contributed by atoms with E-state index in [0.29, 0.717) is 11.3 Å². The van der Waals surface area contributed by atoms with Gasteiger partial charge in [0.1, 0.15) is 5.75 Å². The number of methoxy groups -OCH3 is 1. The molecule has 3 nitrogen and oxygen atoms in total. The van der Waals surface area contributed by atoms with E-state index in [-0.39, 0.29) is 0 Å². The molecule has 2 aromatic rings. The number of hydrogen-bond donors (Lipinski definition) is 0. The van der Waals surface area contributed by atoms with Gasteiger partial charge < -0.3 is 4.74 Å². The van der Waals surface area contributed by atoms with Crippen molar-refractivity contribution >= 4 is 6.29 Å². The van der Waals surface area contributed by atoms with E-state index in [2.05, 4.69) is 4.98 Å². The summed E-state index contributed by atoms with van der Waals surface area (Å²) in [6, 6.07) is 11.3. The molecule has 0 aliphatic carbocycles. The van der Waals surface area contributed by atoms with Gasteiger partial charge in [0.2, 0.25) is 0 Å². The summed E-state index contributed by atoms with van der Waals surface area (Å²) in [5.74, 6) is 0.580. The van der Waals surface area contributed by atoms with E-state index in [1.807, 2.05) is 31.2 Å². The minimum absolute atomic E-state index is 0.535.